The molecule has 45 heavy (non-hydrogen) atoms. The van der Waals surface area contributed by atoms with Crippen LogP contribution >= 0.6 is 11.8 Å². The molecule has 0 radical (unpaired) electrons. The molecular formula is C34H38N2O8S. The Kier molecular flexibility index (Phi) is 11.2. The maximum Gasteiger partial charge on any atom is 0.408 e. The molecule has 11 heteroatoms. The first kappa shape index (κ1) is 32.6. The molecule has 5 rings (SSSR count). The minimum absolute atomic E-state index is 0.0348. The van der Waals surface area contributed by atoms with Crippen molar-refractivity contribution in [2.24, 2.45) is 5.92 Å². The van der Waals surface area contributed by atoms with E-state index in [0.29, 0.717) is 11.5 Å². The van der Waals surface area contributed by atoms with Gasteiger partial charge in [0.1, 0.15) is 12.6 Å². The second kappa shape index (κ2) is 15.5. The first-order valence-corrected chi connectivity index (χ1v) is 16.1. The molecule has 3 aromatic rings. The third kappa shape index (κ3) is 8.30. The molecule has 2 heterocycles. The number of thioether (sulfide) groups is 1. The third-order valence-electron chi connectivity index (χ3n) is 7.98. The number of ether oxygens (including phenoxy) is 3. The van der Waals surface area contributed by atoms with Crippen LogP contribution in [0.3, 0.4) is 0 Å². The van der Waals surface area contributed by atoms with Crippen LogP contribution in [0.15, 0.2) is 78.9 Å². The minimum Gasteiger partial charge on any atom is -0.445 e. The van der Waals surface area contributed by atoms with E-state index in [1.165, 1.54) is 0 Å². The molecule has 0 saturated carbocycles. The Morgan fingerprint density at radius 1 is 0.933 bits per heavy atom. The first-order valence-electron chi connectivity index (χ1n) is 15.0. The highest BCUT2D eigenvalue weighted by atomic mass is 32.2. The van der Waals surface area contributed by atoms with Gasteiger partial charge in [-0.15, -0.1) is 0 Å². The summed E-state index contributed by atoms with van der Waals surface area (Å²) in [5.41, 5.74) is 4.15. The molecule has 0 bridgehead atoms. The lowest BCUT2D eigenvalue weighted by molar-refractivity contribution is -0.268. The van der Waals surface area contributed by atoms with E-state index in [-0.39, 0.29) is 56.8 Å². The zero-order chi connectivity index (χ0) is 31.8. The highest BCUT2D eigenvalue weighted by molar-refractivity contribution is 7.99. The lowest BCUT2D eigenvalue weighted by atomic mass is 9.91. The van der Waals surface area contributed by atoms with Gasteiger partial charge in [0.25, 0.3) is 5.91 Å². The number of nitrogens with zero attached hydrogens (tertiary/aromatic N) is 1. The lowest BCUT2D eigenvalue weighted by Gasteiger charge is -2.41. The summed E-state index contributed by atoms with van der Waals surface area (Å²) in [5.74, 6) is 0.493. The van der Waals surface area contributed by atoms with Crippen LogP contribution in [0.25, 0.3) is 0 Å². The van der Waals surface area contributed by atoms with Gasteiger partial charge in [0.05, 0.1) is 38.4 Å². The van der Waals surface area contributed by atoms with Crippen LogP contribution < -0.4 is 5.32 Å². The Balaban J connectivity index is 1.21. The molecule has 5 unspecified atom stereocenters. The van der Waals surface area contributed by atoms with Crippen LogP contribution in [0, 0.1) is 5.92 Å². The number of nitrogens with one attached hydrogen (secondary N) is 1. The predicted octanol–water partition coefficient (Wildman–Crippen LogP) is 4.25. The van der Waals surface area contributed by atoms with Crippen LogP contribution in [0.5, 0.6) is 0 Å². The summed E-state index contributed by atoms with van der Waals surface area (Å²) >= 11 is 1.62. The summed E-state index contributed by atoms with van der Waals surface area (Å²) in [7, 11) is 0. The first-order chi connectivity index (χ1) is 21.9. The molecular weight excluding hydrogens is 596 g/mol. The average Bonchev–Trinajstić information content (AvgIpc) is 3.32. The fourth-order valence-corrected chi connectivity index (χ4v) is 6.32. The number of hydrogen-bond donors (Lipinski definition) is 3. The van der Waals surface area contributed by atoms with Crippen LogP contribution in [0.4, 0.5) is 4.79 Å². The molecule has 0 aromatic heterocycles. The van der Waals surface area contributed by atoms with Crippen molar-refractivity contribution in [3.63, 3.8) is 0 Å². The summed E-state index contributed by atoms with van der Waals surface area (Å²) < 4.78 is 18.1. The van der Waals surface area contributed by atoms with Gasteiger partial charge >= 0.3 is 6.09 Å². The number of aliphatic hydroxyl groups is 2. The van der Waals surface area contributed by atoms with Crippen molar-refractivity contribution >= 4 is 29.7 Å². The number of aliphatic hydroxyl groups excluding tert-OH is 2. The van der Waals surface area contributed by atoms with Gasteiger partial charge in [0.15, 0.2) is 6.29 Å². The van der Waals surface area contributed by atoms with Crippen molar-refractivity contribution < 1.29 is 38.8 Å². The van der Waals surface area contributed by atoms with E-state index in [9.17, 15) is 24.6 Å². The van der Waals surface area contributed by atoms with Crippen LogP contribution in [0.1, 0.15) is 53.6 Å². The number of alkyl carbamates (subject to hydrolysis) is 1. The third-order valence-corrected chi connectivity index (χ3v) is 9.02. The van der Waals surface area contributed by atoms with Gasteiger partial charge in [-0.25, -0.2) is 4.79 Å². The number of amides is 3. The normalized spacial score (nSPS) is 23.3. The fraction of sp³-hybridized carbons (Fsp3) is 0.382. The summed E-state index contributed by atoms with van der Waals surface area (Å²) in [6, 6.07) is 23.3. The van der Waals surface area contributed by atoms with E-state index < -0.39 is 24.3 Å². The standard InChI is InChI=1S/C34H38N2O8S/c1-22-29(21-45-16-15-37)43-33(44-31(22)26-11-9-24(19-38)10-12-26)27-13-7-23(8-14-27)18-36-30(39)17-28(32(36)40)35-34(41)42-20-25-5-3-2-4-6-25/h2-14,22,28-29,31,33,37-38H,15-21H2,1H3,(H,35,41). The van der Waals surface area contributed by atoms with Gasteiger partial charge in [0, 0.05) is 23.0 Å². The van der Waals surface area contributed by atoms with E-state index in [4.69, 9.17) is 14.2 Å². The molecule has 2 fully saturated rings. The monoisotopic (exact) mass is 634 g/mol. The summed E-state index contributed by atoms with van der Waals surface area (Å²) in [5, 5.41) is 21.2. The second-order valence-electron chi connectivity index (χ2n) is 11.1. The SMILES string of the molecule is CC1C(CSCCO)OC(c2ccc(CN3C(=O)CC(NC(=O)OCc4ccccc4)C3=O)cc2)OC1c1ccc(CO)cc1. The predicted molar refractivity (Wildman–Crippen MR) is 168 cm³/mol. The highest BCUT2D eigenvalue weighted by Crippen LogP contribution is 2.42. The van der Waals surface area contributed by atoms with Crippen LogP contribution in [-0.4, -0.2) is 63.3 Å². The molecule has 2 aliphatic rings. The maximum absolute atomic E-state index is 13.0. The van der Waals surface area contributed by atoms with Gasteiger partial charge < -0.3 is 29.7 Å². The number of imide groups is 1. The fourth-order valence-electron chi connectivity index (χ4n) is 5.41. The van der Waals surface area contributed by atoms with Crippen molar-refractivity contribution in [3.05, 3.63) is 107 Å². The van der Waals surface area contributed by atoms with Gasteiger partial charge in [-0.2, -0.15) is 11.8 Å². The molecule has 3 amide bonds. The quantitative estimate of drug-likeness (QED) is 0.197. The van der Waals surface area contributed by atoms with Crippen molar-refractivity contribution in [2.75, 3.05) is 18.1 Å². The molecule has 5 atom stereocenters. The lowest BCUT2D eigenvalue weighted by Crippen LogP contribution is -2.41. The molecule has 3 N–H and O–H groups in total. The van der Waals surface area contributed by atoms with Gasteiger partial charge in [0.2, 0.25) is 5.91 Å². The van der Waals surface area contributed by atoms with Crippen LogP contribution in [0.2, 0.25) is 0 Å². The van der Waals surface area contributed by atoms with Crippen molar-refractivity contribution in [3.8, 4) is 0 Å². The van der Waals surface area contributed by atoms with Gasteiger partial charge in [-0.1, -0.05) is 85.8 Å². The second-order valence-corrected chi connectivity index (χ2v) is 12.3. The number of hydrogen-bond acceptors (Lipinski definition) is 9. The molecule has 3 aromatic carbocycles. The zero-order valence-electron chi connectivity index (χ0n) is 25.0. The number of likely N-dealkylation sites (tertiary alicyclic amines) is 1. The molecule has 10 nitrogen and oxygen atoms in total. The van der Waals surface area contributed by atoms with E-state index >= 15 is 0 Å². The topological polar surface area (TPSA) is 135 Å². The highest BCUT2D eigenvalue weighted by Gasteiger charge is 2.40. The smallest absolute Gasteiger partial charge is 0.408 e. The van der Waals surface area contributed by atoms with E-state index in [1.807, 2.05) is 78.9 Å². The van der Waals surface area contributed by atoms with E-state index in [0.717, 1.165) is 32.7 Å². The molecule has 2 saturated heterocycles. The van der Waals surface area contributed by atoms with Gasteiger partial charge in [-0.3, -0.25) is 14.5 Å². The zero-order valence-corrected chi connectivity index (χ0v) is 25.9. The summed E-state index contributed by atoms with van der Waals surface area (Å²) in [4.78, 5) is 39.1. The largest absolute Gasteiger partial charge is 0.445 e. The molecule has 238 valence electrons. The summed E-state index contributed by atoms with van der Waals surface area (Å²) in [6.07, 6.45) is -1.92. The number of rotatable bonds is 12. The number of benzene rings is 3. The maximum atomic E-state index is 13.0. The van der Waals surface area contributed by atoms with Gasteiger partial charge in [-0.05, 0) is 22.3 Å². The molecule has 0 spiro atoms. The Labute approximate surface area is 266 Å². The number of carbonyl (C=O) groups is 3. The van der Waals surface area contributed by atoms with Crippen molar-refractivity contribution in [1.29, 1.82) is 0 Å². The number of carbonyl (C=O) groups excluding carboxylic acids is 3. The van der Waals surface area contributed by atoms with Crippen molar-refractivity contribution in [1.82, 2.24) is 10.2 Å². The summed E-state index contributed by atoms with van der Waals surface area (Å²) in [6.45, 7) is 2.27. The van der Waals surface area contributed by atoms with E-state index in [2.05, 4.69) is 12.2 Å². The molecule has 0 aliphatic carbocycles. The Morgan fingerprint density at radius 3 is 2.31 bits per heavy atom. The van der Waals surface area contributed by atoms with E-state index in [1.54, 1.807) is 11.8 Å². The Bertz CT molecular complexity index is 1440. The minimum atomic E-state index is -0.977. The Hall–Kier alpha value is -3.74. The van der Waals surface area contributed by atoms with Crippen LogP contribution in [-0.2, 0) is 43.6 Å². The average molecular weight is 635 g/mol. The van der Waals surface area contributed by atoms with Crippen molar-refractivity contribution in [2.45, 2.75) is 57.6 Å². The molecule has 2 aliphatic heterocycles. The Morgan fingerprint density at radius 2 is 1.62 bits per heavy atom.